The zero-order chi connectivity index (χ0) is 9.42. The summed E-state index contributed by atoms with van der Waals surface area (Å²) in [6.45, 7) is 0. The lowest BCUT2D eigenvalue weighted by Crippen LogP contribution is -1.77. The molecule has 0 aliphatic heterocycles. The highest BCUT2D eigenvalue weighted by atomic mass is 127. The first-order chi connectivity index (χ1) is 6.24. The van der Waals surface area contributed by atoms with Crippen molar-refractivity contribution in [1.82, 2.24) is 0 Å². The van der Waals surface area contributed by atoms with Crippen molar-refractivity contribution in [1.29, 1.82) is 0 Å². The maximum Gasteiger partial charge on any atom is 0.0490 e. The van der Waals surface area contributed by atoms with Gasteiger partial charge in [-0.2, -0.15) is 0 Å². The second kappa shape index (κ2) is 4.04. The van der Waals surface area contributed by atoms with Crippen LogP contribution < -0.4 is 0 Å². The summed E-state index contributed by atoms with van der Waals surface area (Å²) in [4.78, 5) is 0. The van der Waals surface area contributed by atoms with Crippen molar-refractivity contribution in [3.8, 4) is 0 Å². The van der Waals surface area contributed by atoms with Gasteiger partial charge in [-0.1, -0.05) is 15.9 Å². The number of hydrogen-bond donors (Lipinski definition) is 0. The number of hydrogen-bond acceptors (Lipinski definition) is 1. The van der Waals surface area contributed by atoms with E-state index in [1.165, 1.54) is 19.2 Å². The lowest BCUT2D eigenvalue weighted by molar-refractivity contribution is 1.49. The van der Waals surface area contributed by atoms with Crippen molar-refractivity contribution >= 4 is 71.5 Å². The van der Waals surface area contributed by atoms with E-state index in [0.717, 1.165) is 4.47 Å². The minimum atomic E-state index is 0.582. The lowest BCUT2D eigenvalue weighted by atomic mass is 10.2. The van der Waals surface area contributed by atoms with Gasteiger partial charge in [-0.3, -0.25) is 0 Å². The maximum atomic E-state index is 5.85. The molecule has 0 fully saturated rings. The van der Waals surface area contributed by atoms with Crippen LogP contribution in [0.2, 0.25) is 0 Å². The van der Waals surface area contributed by atoms with Crippen molar-refractivity contribution in [3.63, 3.8) is 0 Å². The number of rotatable bonds is 1. The van der Waals surface area contributed by atoms with Crippen LogP contribution in [0.1, 0.15) is 5.56 Å². The van der Waals surface area contributed by atoms with Gasteiger partial charge in [-0.25, -0.2) is 0 Å². The van der Waals surface area contributed by atoms with Gasteiger partial charge in [0.15, 0.2) is 0 Å². The molecule has 13 heavy (non-hydrogen) atoms. The van der Waals surface area contributed by atoms with Gasteiger partial charge in [0.1, 0.15) is 0 Å². The molecule has 0 spiro atoms. The van der Waals surface area contributed by atoms with Crippen molar-refractivity contribution in [2.24, 2.45) is 0 Å². The summed E-state index contributed by atoms with van der Waals surface area (Å²) in [5.74, 6) is 0.582. The molecule has 2 aromatic rings. The molecule has 1 heterocycles. The van der Waals surface area contributed by atoms with Gasteiger partial charge in [-0.15, -0.1) is 22.9 Å². The highest BCUT2D eigenvalue weighted by Crippen LogP contribution is 2.36. The zero-order valence-corrected chi connectivity index (χ0v) is 11.8. The van der Waals surface area contributed by atoms with Gasteiger partial charge >= 0.3 is 0 Å². The molecule has 0 N–H and O–H groups in total. The van der Waals surface area contributed by atoms with Gasteiger partial charge < -0.3 is 0 Å². The first-order valence-electron chi connectivity index (χ1n) is 3.64. The molecule has 0 atom stereocenters. The zero-order valence-electron chi connectivity index (χ0n) is 6.48. The van der Waals surface area contributed by atoms with Crippen LogP contribution in [0.3, 0.4) is 0 Å². The van der Waals surface area contributed by atoms with E-state index >= 15 is 0 Å². The van der Waals surface area contributed by atoms with Crippen LogP contribution in [0.25, 0.3) is 10.1 Å². The van der Waals surface area contributed by atoms with Crippen LogP contribution in [-0.4, -0.2) is 0 Å². The van der Waals surface area contributed by atoms with E-state index in [4.69, 9.17) is 11.6 Å². The normalized spacial score (nSPS) is 11.0. The van der Waals surface area contributed by atoms with E-state index in [2.05, 4.69) is 56.0 Å². The monoisotopic (exact) mass is 386 g/mol. The van der Waals surface area contributed by atoms with Crippen molar-refractivity contribution in [3.05, 3.63) is 31.1 Å². The van der Waals surface area contributed by atoms with Gasteiger partial charge in [0.05, 0.1) is 0 Å². The van der Waals surface area contributed by atoms with Crippen LogP contribution in [0, 0.1) is 3.57 Å². The molecule has 0 unspecified atom stereocenters. The molecule has 0 saturated heterocycles. The topological polar surface area (TPSA) is 0 Å². The predicted molar refractivity (Wildman–Crippen MR) is 71.8 cm³/mol. The molecule has 0 aliphatic carbocycles. The van der Waals surface area contributed by atoms with Gasteiger partial charge in [0.25, 0.3) is 0 Å². The molecular weight excluding hydrogens is 382 g/mol. The Morgan fingerprint density at radius 1 is 1.46 bits per heavy atom. The molecule has 0 radical (unpaired) electrons. The Kier molecular flexibility index (Phi) is 3.18. The summed E-state index contributed by atoms with van der Waals surface area (Å²) < 4.78 is 3.75. The Balaban J connectivity index is 2.87. The van der Waals surface area contributed by atoms with Crippen LogP contribution in [0.4, 0.5) is 0 Å². The highest BCUT2D eigenvalue weighted by Gasteiger charge is 2.08. The Morgan fingerprint density at radius 3 is 2.92 bits per heavy atom. The molecule has 2 rings (SSSR count). The summed E-state index contributed by atoms with van der Waals surface area (Å²) in [6, 6.07) is 4.19. The minimum absolute atomic E-state index is 0.582. The minimum Gasteiger partial charge on any atom is -0.142 e. The van der Waals surface area contributed by atoms with Gasteiger partial charge in [0.2, 0.25) is 0 Å². The van der Waals surface area contributed by atoms with E-state index in [9.17, 15) is 0 Å². The van der Waals surface area contributed by atoms with Crippen molar-refractivity contribution in [2.75, 3.05) is 0 Å². The van der Waals surface area contributed by atoms with Crippen LogP contribution in [-0.2, 0) is 5.88 Å². The Bertz CT molecular complexity index is 452. The lowest BCUT2D eigenvalue weighted by Gasteiger charge is -1.98. The number of benzene rings is 1. The maximum absolute atomic E-state index is 5.85. The third-order valence-corrected chi connectivity index (χ3v) is 5.12. The molecule has 0 bridgehead atoms. The summed E-state index contributed by atoms with van der Waals surface area (Å²) >= 11 is 13.5. The third-order valence-electron chi connectivity index (χ3n) is 1.84. The average Bonchev–Trinajstić information content (AvgIpc) is 2.56. The van der Waals surface area contributed by atoms with E-state index in [1.807, 2.05) is 0 Å². The molecule has 4 heteroatoms. The number of thiophene rings is 1. The molecule has 0 saturated carbocycles. The van der Waals surface area contributed by atoms with Gasteiger partial charge in [0, 0.05) is 24.0 Å². The fraction of sp³-hybridized carbons (Fsp3) is 0.111. The van der Waals surface area contributed by atoms with E-state index < -0.39 is 0 Å². The molecule has 0 nitrogen and oxygen atoms in total. The van der Waals surface area contributed by atoms with Crippen molar-refractivity contribution in [2.45, 2.75) is 5.88 Å². The summed E-state index contributed by atoms with van der Waals surface area (Å²) in [6.07, 6.45) is 0. The Hall–Kier alpha value is 0.680. The summed E-state index contributed by atoms with van der Waals surface area (Å²) in [7, 11) is 0. The first kappa shape index (κ1) is 10.2. The van der Waals surface area contributed by atoms with Gasteiger partial charge in [-0.05, 0) is 45.7 Å². The molecule has 68 valence electrons. The number of fused-ring (bicyclic) bond motifs is 1. The standard InChI is InChI=1S/C9H5BrClIS/c10-6-1-2-7(12)9-8(6)5(3-11)4-13-9/h1-2,4H,3H2. The smallest absolute Gasteiger partial charge is 0.0490 e. The summed E-state index contributed by atoms with van der Waals surface area (Å²) in [5, 5.41) is 3.40. The SMILES string of the molecule is ClCc1csc2c(I)ccc(Br)c12. The fourth-order valence-corrected chi connectivity index (χ4v) is 4.09. The quantitative estimate of drug-likeness (QED) is 0.477. The molecular formula is C9H5BrClIS. The summed E-state index contributed by atoms with van der Waals surface area (Å²) in [5.41, 5.74) is 1.21. The second-order valence-corrected chi connectivity index (χ2v) is 5.79. The molecule has 0 aliphatic rings. The first-order valence-corrected chi connectivity index (χ1v) is 6.92. The number of halogens is 3. The van der Waals surface area contributed by atoms with E-state index in [1.54, 1.807) is 11.3 Å². The molecule has 1 aromatic heterocycles. The van der Waals surface area contributed by atoms with Crippen LogP contribution >= 0.6 is 61.5 Å². The average molecular weight is 387 g/mol. The van der Waals surface area contributed by atoms with Crippen molar-refractivity contribution < 1.29 is 0 Å². The number of alkyl halides is 1. The molecule has 0 amide bonds. The molecule has 1 aromatic carbocycles. The third kappa shape index (κ3) is 1.76. The Labute approximate surface area is 108 Å². The van der Waals surface area contributed by atoms with Crippen LogP contribution in [0.15, 0.2) is 22.0 Å². The fourth-order valence-electron chi connectivity index (χ4n) is 1.23. The van der Waals surface area contributed by atoms with E-state index in [0.29, 0.717) is 5.88 Å². The second-order valence-electron chi connectivity index (χ2n) is 2.63. The van der Waals surface area contributed by atoms with Crippen LogP contribution in [0.5, 0.6) is 0 Å². The highest BCUT2D eigenvalue weighted by molar-refractivity contribution is 14.1. The van der Waals surface area contributed by atoms with E-state index in [-0.39, 0.29) is 0 Å². The predicted octanol–water partition coefficient (Wildman–Crippen LogP) is 5.01. The Morgan fingerprint density at radius 2 is 2.23 bits per heavy atom. The largest absolute Gasteiger partial charge is 0.142 e.